The zero-order valence-electron chi connectivity index (χ0n) is 7.06. The fourth-order valence-corrected chi connectivity index (χ4v) is 2.45. The minimum Gasteiger partial charge on any atom is -0.380 e. The highest BCUT2D eigenvalue weighted by molar-refractivity contribution is 5.02. The Balaban J connectivity index is 2.13. The van der Waals surface area contributed by atoms with Crippen LogP contribution in [0.4, 0.5) is 13.2 Å². The number of nitrogens with one attached hydrogen (secondary N) is 1. The molecule has 2 fully saturated rings. The lowest BCUT2D eigenvalue weighted by Crippen LogP contribution is -2.43. The highest BCUT2D eigenvalue weighted by Gasteiger charge is 2.60. The molecule has 0 aromatic heterocycles. The molecule has 0 spiro atoms. The Kier molecular flexibility index (Phi) is 1.86. The van der Waals surface area contributed by atoms with Crippen LogP contribution in [-0.4, -0.2) is 30.0 Å². The molecule has 76 valence electrons. The molecule has 1 unspecified atom stereocenters. The van der Waals surface area contributed by atoms with Gasteiger partial charge in [-0.25, -0.2) is 0 Å². The summed E-state index contributed by atoms with van der Waals surface area (Å²) in [7, 11) is 0. The molecule has 13 heavy (non-hydrogen) atoms. The van der Waals surface area contributed by atoms with Crippen molar-refractivity contribution < 1.29 is 18.3 Å². The third kappa shape index (κ3) is 1.34. The van der Waals surface area contributed by atoms with Crippen molar-refractivity contribution in [2.24, 2.45) is 11.8 Å². The highest BCUT2D eigenvalue weighted by atomic mass is 19.4. The summed E-state index contributed by atoms with van der Waals surface area (Å²) >= 11 is 0. The van der Waals surface area contributed by atoms with Crippen LogP contribution in [0.25, 0.3) is 0 Å². The monoisotopic (exact) mass is 195 g/mol. The maximum atomic E-state index is 12.4. The topological polar surface area (TPSA) is 32.3 Å². The molecule has 0 radical (unpaired) electrons. The van der Waals surface area contributed by atoms with Crippen molar-refractivity contribution in [1.29, 1.82) is 0 Å². The molecule has 0 amide bonds. The van der Waals surface area contributed by atoms with Gasteiger partial charge in [0.1, 0.15) is 0 Å². The minimum absolute atomic E-state index is 0.00613. The number of aliphatic hydroxyl groups is 1. The van der Waals surface area contributed by atoms with Gasteiger partial charge >= 0.3 is 6.18 Å². The van der Waals surface area contributed by atoms with Crippen molar-refractivity contribution in [2.75, 3.05) is 13.1 Å². The molecule has 2 rings (SSSR count). The quantitative estimate of drug-likeness (QED) is 0.602. The van der Waals surface area contributed by atoms with Gasteiger partial charge in [-0.2, -0.15) is 13.2 Å². The van der Waals surface area contributed by atoms with Gasteiger partial charge in [0.2, 0.25) is 0 Å². The lowest BCUT2D eigenvalue weighted by atomic mass is 10.00. The largest absolute Gasteiger partial charge is 0.417 e. The lowest BCUT2D eigenvalue weighted by molar-refractivity contribution is -0.259. The normalized spacial score (nSPS) is 45.2. The third-order valence-corrected chi connectivity index (χ3v) is 3.21. The SMILES string of the molecule is OC1(C(F)(F)F)C[C@H]2CNC[C@H]2C1. The molecule has 1 aliphatic heterocycles. The van der Waals surface area contributed by atoms with Gasteiger partial charge in [0.25, 0.3) is 0 Å². The maximum Gasteiger partial charge on any atom is 0.417 e. The van der Waals surface area contributed by atoms with Crippen molar-refractivity contribution >= 4 is 0 Å². The first-order chi connectivity index (χ1) is 5.92. The summed E-state index contributed by atoms with van der Waals surface area (Å²) in [6, 6.07) is 0. The Bertz CT molecular complexity index is 204. The van der Waals surface area contributed by atoms with E-state index in [9.17, 15) is 18.3 Å². The summed E-state index contributed by atoms with van der Waals surface area (Å²) in [5, 5.41) is 12.4. The van der Waals surface area contributed by atoms with Gasteiger partial charge in [-0.15, -0.1) is 0 Å². The van der Waals surface area contributed by atoms with Crippen molar-refractivity contribution in [3.05, 3.63) is 0 Å². The van der Waals surface area contributed by atoms with Crippen molar-refractivity contribution in [2.45, 2.75) is 24.6 Å². The number of fused-ring (bicyclic) bond motifs is 1. The molecule has 3 atom stereocenters. The number of rotatable bonds is 0. The predicted octanol–water partition coefficient (Wildman–Crippen LogP) is 0.909. The Hall–Kier alpha value is -0.290. The first-order valence-electron chi connectivity index (χ1n) is 4.42. The van der Waals surface area contributed by atoms with E-state index in [1.807, 2.05) is 0 Å². The van der Waals surface area contributed by atoms with Crippen molar-refractivity contribution in [3.8, 4) is 0 Å². The van der Waals surface area contributed by atoms with Crippen molar-refractivity contribution in [3.63, 3.8) is 0 Å². The smallest absolute Gasteiger partial charge is 0.380 e. The zero-order valence-corrected chi connectivity index (χ0v) is 7.06. The Morgan fingerprint density at radius 1 is 1.15 bits per heavy atom. The maximum absolute atomic E-state index is 12.4. The predicted molar refractivity (Wildman–Crippen MR) is 40.1 cm³/mol. The molecule has 0 bridgehead atoms. The van der Waals surface area contributed by atoms with Crippen LogP contribution in [0.15, 0.2) is 0 Å². The van der Waals surface area contributed by atoms with E-state index in [1.165, 1.54) is 0 Å². The molecular formula is C8H12F3NO. The van der Waals surface area contributed by atoms with E-state index < -0.39 is 11.8 Å². The molecule has 0 aromatic carbocycles. The standard InChI is InChI=1S/C8H12F3NO/c9-8(10,11)7(13)1-5-3-12-4-6(5)2-7/h5-6,12-13H,1-4H2/t5-,6+,7?. The highest BCUT2D eigenvalue weighted by Crippen LogP contribution is 2.49. The van der Waals surface area contributed by atoms with Crippen LogP contribution in [0.3, 0.4) is 0 Å². The van der Waals surface area contributed by atoms with Gasteiger partial charge < -0.3 is 10.4 Å². The van der Waals surface area contributed by atoms with Gasteiger partial charge in [0.05, 0.1) is 0 Å². The van der Waals surface area contributed by atoms with Crippen LogP contribution >= 0.6 is 0 Å². The van der Waals surface area contributed by atoms with E-state index in [2.05, 4.69) is 5.32 Å². The Labute approximate surface area is 74.1 Å². The summed E-state index contributed by atoms with van der Waals surface area (Å²) in [6.07, 6.45) is -4.72. The summed E-state index contributed by atoms with van der Waals surface area (Å²) in [5.74, 6) is 0.0123. The molecule has 5 heteroatoms. The molecule has 2 N–H and O–H groups in total. The van der Waals surface area contributed by atoms with Gasteiger partial charge in [0, 0.05) is 0 Å². The van der Waals surface area contributed by atoms with E-state index in [0.717, 1.165) is 0 Å². The van der Waals surface area contributed by atoms with Crippen LogP contribution in [0.5, 0.6) is 0 Å². The first-order valence-corrected chi connectivity index (χ1v) is 4.42. The minimum atomic E-state index is -4.46. The fraction of sp³-hybridized carbons (Fsp3) is 1.00. The molecule has 2 aliphatic rings. The average molecular weight is 195 g/mol. The fourth-order valence-electron chi connectivity index (χ4n) is 2.45. The molecule has 1 aliphatic carbocycles. The van der Waals surface area contributed by atoms with E-state index in [4.69, 9.17) is 0 Å². The van der Waals surface area contributed by atoms with Crippen LogP contribution in [0.1, 0.15) is 12.8 Å². The van der Waals surface area contributed by atoms with Gasteiger partial charge in [-0.05, 0) is 37.8 Å². The number of alkyl halides is 3. The number of hydrogen-bond donors (Lipinski definition) is 2. The number of hydrogen-bond acceptors (Lipinski definition) is 2. The summed E-state index contributed by atoms with van der Waals surface area (Å²) < 4.78 is 37.1. The molecular weight excluding hydrogens is 183 g/mol. The Morgan fingerprint density at radius 2 is 1.62 bits per heavy atom. The summed E-state index contributed by atoms with van der Waals surface area (Å²) in [5.41, 5.74) is -2.41. The van der Waals surface area contributed by atoms with Crippen LogP contribution in [0, 0.1) is 11.8 Å². The van der Waals surface area contributed by atoms with E-state index in [1.54, 1.807) is 0 Å². The molecule has 1 saturated carbocycles. The van der Waals surface area contributed by atoms with E-state index in [0.29, 0.717) is 13.1 Å². The molecule has 1 heterocycles. The second-order valence-corrected chi connectivity index (χ2v) is 4.12. The average Bonchev–Trinajstić information content (AvgIpc) is 2.42. The summed E-state index contributed by atoms with van der Waals surface area (Å²) in [4.78, 5) is 0. The second-order valence-electron chi connectivity index (χ2n) is 4.12. The molecule has 2 nitrogen and oxygen atoms in total. The van der Waals surface area contributed by atoms with E-state index in [-0.39, 0.29) is 24.7 Å². The Morgan fingerprint density at radius 3 is 2.00 bits per heavy atom. The number of halogens is 3. The van der Waals surface area contributed by atoms with Crippen LogP contribution in [-0.2, 0) is 0 Å². The molecule has 1 saturated heterocycles. The van der Waals surface area contributed by atoms with Gasteiger partial charge in [-0.1, -0.05) is 0 Å². The lowest BCUT2D eigenvalue weighted by Gasteiger charge is -2.26. The van der Waals surface area contributed by atoms with Gasteiger partial charge in [0.15, 0.2) is 5.60 Å². The third-order valence-electron chi connectivity index (χ3n) is 3.21. The second kappa shape index (κ2) is 2.60. The van der Waals surface area contributed by atoms with Gasteiger partial charge in [-0.3, -0.25) is 0 Å². The van der Waals surface area contributed by atoms with Crippen LogP contribution < -0.4 is 5.32 Å². The molecule has 0 aromatic rings. The van der Waals surface area contributed by atoms with Crippen molar-refractivity contribution in [1.82, 2.24) is 5.32 Å². The van der Waals surface area contributed by atoms with E-state index >= 15 is 0 Å². The summed E-state index contributed by atoms with van der Waals surface area (Å²) in [6.45, 7) is 1.23. The zero-order chi connectivity index (χ0) is 9.69. The first kappa shape index (κ1) is 9.27. The van der Waals surface area contributed by atoms with Crippen LogP contribution in [0.2, 0.25) is 0 Å².